The van der Waals surface area contributed by atoms with Crippen LogP contribution in [-0.2, 0) is 19.1 Å². The number of esters is 2. The Labute approximate surface area is 142 Å². The van der Waals surface area contributed by atoms with E-state index in [2.05, 4.69) is 13.8 Å². The molecule has 0 radical (unpaired) electrons. The highest BCUT2D eigenvalue weighted by Gasteiger charge is 2.74. The third kappa shape index (κ3) is 1.32. The molecule has 5 aliphatic carbocycles. The van der Waals surface area contributed by atoms with Crippen molar-refractivity contribution in [2.24, 2.45) is 34.5 Å². The summed E-state index contributed by atoms with van der Waals surface area (Å²) < 4.78 is 10.1. The van der Waals surface area contributed by atoms with Crippen LogP contribution >= 0.6 is 0 Å². The van der Waals surface area contributed by atoms with Gasteiger partial charge in [0.1, 0.15) is 0 Å². The van der Waals surface area contributed by atoms with E-state index in [9.17, 15) is 9.59 Å². The van der Waals surface area contributed by atoms with Gasteiger partial charge in [0.05, 0.1) is 25.4 Å². The Balaban J connectivity index is 1.71. The minimum Gasteiger partial charge on any atom is -0.466 e. The van der Waals surface area contributed by atoms with E-state index in [0.717, 1.165) is 0 Å². The zero-order valence-corrected chi connectivity index (χ0v) is 14.8. The zero-order chi connectivity index (χ0) is 17.0. The van der Waals surface area contributed by atoms with Gasteiger partial charge < -0.3 is 9.47 Å². The second-order valence-electron chi connectivity index (χ2n) is 8.82. The van der Waals surface area contributed by atoms with Gasteiger partial charge in [-0.05, 0) is 48.3 Å². The van der Waals surface area contributed by atoms with Gasteiger partial charge >= 0.3 is 11.9 Å². The molecule has 0 saturated heterocycles. The van der Waals surface area contributed by atoms with Crippen LogP contribution in [0.3, 0.4) is 0 Å². The maximum atomic E-state index is 12.6. The summed E-state index contributed by atoms with van der Waals surface area (Å²) in [6.07, 6.45) is 5.14. The van der Waals surface area contributed by atoms with Gasteiger partial charge in [0.25, 0.3) is 0 Å². The van der Waals surface area contributed by atoms with E-state index >= 15 is 0 Å². The number of methoxy groups -OCH3 is 2. The average molecular weight is 328 g/mol. The smallest absolute Gasteiger partial charge is 0.334 e. The van der Waals surface area contributed by atoms with Gasteiger partial charge in [-0.25, -0.2) is 9.59 Å². The summed E-state index contributed by atoms with van der Waals surface area (Å²) in [5.74, 6) is 0.625. The summed E-state index contributed by atoms with van der Waals surface area (Å²) in [5.41, 5.74) is 4.53. The summed E-state index contributed by atoms with van der Waals surface area (Å²) in [4.78, 5) is 25.2. The highest BCUT2D eigenvalue weighted by Crippen LogP contribution is 2.81. The molecule has 128 valence electrons. The molecular weight excluding hydrogens is 304 g/mol. The summed E-state index contributed by atoms with van der Waals surface area (Å²) in [6, 6.07) is 0. The van der Waals surface area contributed by atoms with E-state index < -0.39 is 0 Å². The van der Waals surface area contributed by atoms with Crippen molar-refractivity contribution in [3.8, 4) is 0 Å². The van der Waals surface area contributed by atoms with Crippen LogP contribution < -0.4 is 0 Å². The van der Waals surface area contributed by atoms with Gasteiger partial charge in [-0.2, -0.15) is 0 Å². The van der Waals surface area contributed by atoms with Crippen LogP contribution in [0.5, 0.6) is 0 Å². The number of ether oxygens (including phenoxy) is 2. The van der Waals surface area contributed by atoms with Crippen LogP contribution in [0, 0.1) is 34.5 Å². The molecule has 0 aromatic rings. The molecule has 0 aliphatic heterocycles. The fourth-order valence-electron chi connectivity index (χ4n) is 7.07. The molecule has 0 amide bonds. The summed E-state index contributed by atoms with van der Waals surface area (Å²) in [6.45, 7) is 4.41. The number of carbonyl (C=O) groups is 2. The van der Waals surface area contributed by atoms with Crippen molar-refractivity contribution in [3.05, 3.63) is 22.3 Å². The van der Waals surface area contributed by atoms with Crippen molar-refractivity contribution < 1.29 is 19.1 Å². The summed E-state index contributed by atoms with van der Waals surface area (Å²) in [7, 11) is 2.81. The first-order valence-electron chi connectivity index (χ1n) is 9.04. The van der Waals surface area contributed by atoms with E-state index in [1.54, 1.807) is 0 Å². The number of carbonyl (C=O) groups excluding carboxylic acids is 2. The molecule has 5 rings (SSSR count). The van der Waals surface area contributed by atoms with Crippen molar-refractivity contribution in [2.75, 3.05) is 14.2 Å². The Hall–Kier alpha value is -1.58. The number of hydrogen-bond acceptors (Lipinski definition) is 4. The number of hydrogen-bond donors (Lipinski definition) is 0. The van der Waals surface area contributed by atoms with Crippen LogP contribution in [0.4, 0.5) is 0 Å². The molecule has 4 nitrogen and oxygen atoms in total. The highest BCUT2D eigenvalue weighted by molar-refractivity contribution is 6.04. The molecule has 0 unspecified atom stereocenters. The molecule has 4 atom stereocenters. The lowest BCUT2D eigenvalue weighted by molar-refractivity contribution is -0.139. The zero-order valence-electron chi connectivity index (χ0n) is 14.8. The van der Waals surface area contributed by atoms with Crippen molar-refractivity contribution in [1.29, 1.82) is 0 Å². The second-order valence-corrected chi connectivity index (χ2v) is 8.82. The molecule has 0 N–H and O–H groups in total. The minimum absolute atomic E-state index is 0.0341. The Morgan fingerprint density at radius 3 is 1.62 bits per heavy atom. The van der Waals surface area contributed by atoms with Gasteiger partial charge in [-0.3, -0.25) is 0 Å². The van der Waals surface area contributed by atoms with Crippen molar-refractivity contribution in [3.63, 3.8) is 0 Å². The van der Waals surface area contributed by atoms with Crippen LogP contribution in [0.15, 0.2) is 22.3 Å². The second kappa shape index (κ2) is 4.14. The van der Waals surface area contributed by atoms with Gasteiger partial charge in [0.15, 0.2) is 0 Å². The van der Waals surface area contributed by atoms with Gasteiger partial charge in [0.2, 0.25) is 0 Å². The Bertz CT molecular complexity index is 694. The highest BCUT2D eigenvalue weighted by atomic mass is 16.5. The lowest BCUT2D eigenvalue weighted by atomic mass is 9.70. The van der Waals surface area contributed by atoms with Crippen LogP contribution in [-0.4, -0.2) is 26.2 Å². The third-order valence-electron chi connectivity index (χ3n) is 7.83. The predicted octanol–water partition coefficient (Wildman–Crippen LogP) is 3.03. The summed E-state index contributed by atoms with van der Waals surface area (Å²) in [5, 5.41) is 0. The van der Waals surface area contributed by atoms with Crippen molar-refractivity contribution >= 4 is 11.9 Å². The largest absolute Gasteiger partial charge is 0.466 e. The normalized spacial score (nSPS) is 38.8. The Kier molecular flexibility index (Phi) is 2.55. The molecule has 0 aromatic heterocycles. The van der Waals surface area contributed by atoms with E-state index in [0.29, 0.717) is 28.4 Å². The van der Waals surface area contributed by atoms with Crippen molar-refractivity contribution in [2.45, 2.75) is 39.5 Å². The first-order chi connectivity index (χ1) is 11.4. The van der Waals surface area contributed by atoms with Crippen LogP contribution in [0.25, 0.3) is 0 Å². The van der Waals surface area contributed by atoms with Gasteiger partial charge in [-0.1, -0.05) is 25.0 Å². The standard InChI is InChI=1S/C20H24O4/c1-19(2)15-11-9-5-6-10(20(9)7-8-20)12(11)16(19)14(18(22)24-4)13(15)17(21)23-3/h9-10,15-16H,5-8H2,1-4H3/t9-,10-,15-,16-/m1/s1. The lowest BCUT2D eigenvalue weighted by Crippen LogP contribution is -2.29. The summed E-state index contributed by atoms with van der Waals surface area (Å²) >= 11 is 0. The van der Waals surface area contributed by atoms with Gasteiger partial charge in [0, 0.05) is 11.8 Å². The number of rotatable bonds is 2. The SMILES string of the molecule is COC(=O)C1=C(C(=O)OC)[C@H]2C3=C([C@H]1C2(C)C)[C@H]1CC[C@H]3C12CC2. The van der Waals surface area contributed by atoms with Crippen LogP contribution in [0.1, 0.15) is 39.5 Å². The molecular formula is C20H24O4. The van der Waals surface area contributed by atoms with E-state index in [-0.39, 0.29) is 29.2 Å². The number of allylic oxidation sites excluding steroid dienone is 2. The molecule has 0 heterocycles. The Morgan fingerprint density at radius 2 is 1.29 bits per heavy atom. The molecule has 1 spiro atoms. The molecule has 4 heteroatoms. The molecule has 24 heavy (non-hydrogen) atoms. The van der Waals surface area contributed by atoms with E-state index in [1.807, 2.05) is 0 Å². The quantitative estimate of drug-likeness (QED) is 0.577. The average Bonchev–Trinajstić information content (AvgIpc) is 3.09. The first kappa shape index (κ1) is 14.7. The molecule has 0 aromatic carbocycles. The minimum atomic E-state index is -0.352. The van der Waals surface area contributed by atoms with Gasteiger partial charge in [-0.15, -0.1) is 0 Å². The van der Waals surface area contributed by atoms with E-state index in [4.69, 9.17) is 9.47 Å². The first-order valence-corrected chi connectivity index (χ1v) is 9.04. The fourth-order valence-corrected chi connectivity index (χ4v) is 7.07. The molecule has 4 bridgehead atoms. The monoisotopic (exact) mass is 328 g/mol. The third-order valence-corrected chi connectivity index (χ3v) is 7.83. The Morgan fingerprint density at radius 1 is 0.875 bits per heavy atom. The molecule has 5 aliphatic rings. The fraction of sp³-hybridized carbons (Fsp3) is 0.700. The maximum Gasteiger partial charge on any atom is 0.334 e. The topological polar surface area (TPSA) is 52.6 Å². The lowest BCUT2D eigenvalue weighted by Gasteiger charge is -2.33. The van der Waals surface area contributed by atoms with Crippen LogP contribution in [0.2, 0.25) is 0 Å². The molecule has 2 saturated carbocycles. The molecule has 2 fully saturated rings. The number of fused-ring (bicyclic) bond motifs is 6. The maximum absolute atomic E-state index is 12.6. The van der Waals surface area contributed by atoms with Crippen molar-refractivity contribution in [1.82, 2.24) is 0 Å². The van der Waals surface area contributed by atoms with E-state index in [1.165, 1.54) is 51.0 Å². The predicted molar refractivity (Wildman–Crippen MR) is 86.7 cm³/mol.